The van der Waals surface area contributed by atoms with Gasteiger partial charge in [-0.25, -0.2) is 4.52 Å². The summed E-state index contributed by atoms with van der Waals surface area (Å²) in [6.45, 7) is 2.33. The highest BCUT2D eigenvalue weighted by Crippen LogP contribution is 2.23. The van der Waals surface area contributed by atoms with E-state index in [1.54, 1.807) is 35.9 Å². The van der Waals surface area contributed by atoms with E-state index < -0.39 is 0 Å². The number of hydrogen-bond donors (Lipinski definition) is 2. The summed E-state index contributed by atoms with van der Waals surface area (Å²) >= 11 is 0. The fourth-order valence-electron chi connectivity index (χ4n) is 3.18. The van der Waals surface area contributed by atoms with E-state index in [0.29, 0.717) is 35.0 Å². The molecular weight excluding hydrogens is 404 g/mol. The average molecular weight is 426 g/mol. The summed E-state index contributed by atoms with van der Waals surface area (Å²) in [5, 5.41) is 19.7. The van der Waals surface area contributed by atoms with Crippen molar-refractivity contribution in [2.45, 2.75) is 13.0 Å². The summed E-state index contributed by atoms with van der Waals surface area (Å²) in [6.07, 6.45) is 1.80. The molecule has 1 unspecified atom stereocenters. The lowest BCUT2D eigenvalue weighted by Gasteiger charge is -2.11. The molecule has 2 heterocycles. The van der Waals surface area contributed by atoms with Crippen molar-refractivity contribution in [3.63, 3.8) is 0 Å². The first-order valence-electron chi connectivity index (χ1n) is 10.1. The number of anilines is 2. The smallest absolute Gasteiger partial charge is 0.251 e. The van der Waals surface area contributed by atoms with Gasteiger partial charge in [0.25, 0.3) is 5.91 Å². The van der Waals surface area contributed by atoms with Crippen LogP contribution in [0, 0.1) is 11.3 Å². The molecule has 8 nitrogen and oxygen atoms in total. The van der Waals surface area contributed by atoms with Crippen LogP contribution < -0.4 is 10.6 Å². The third kappa shape index (κ3) is 4.58. The number of nitrogens with one attached hydrogen (secondary N) is 2. The molecule has 0 spiro atoms. The predicted octanol–water partition coefficient (Wildman–Crippen LogP) is 3.78. The first-order chi connectivity index (χ1) is 15.6. The van der Waals surface area contributed by atoms with Gasteiger partial charge in [0.05, 0.1) is 17.4 Å². The summed E-state index contributed by atoms with van der Waals surface area (Å²) in [5.41, 5.74) is 4.17. The van der Waals surface area contributed by atoms with E-state index in [4.69, 9.17) is 4.74 Å². The lowest BCUT2D eigenvalue weighted by atomic mass is 10.0. The van der Waals surface area contributed by atoms with Gasteiger partial charge in [-0.1, -0.05) is 24.3 Å². The zero-order valence-electron chi connectivity index (χ0n) is 17.7. The van der Waals surface area contributed by atoms with E-state index in [9.17, 15) is 10.1 Å². The Morgan fingerprint density at radius 3 is 2.81 bits per heavy atom. The van der Waals surface area contributed by atoms with Crippen molar-refractivity contribution in [3.05, 3.63) is 78.0 Å². The maximum atomic E-state index is 12.5. The van der Waals surface area contributed by atoms with Crippen LogP contribution in [-0.4, -0.2) is 40.3 Å². The van der Waals surface area contributed by atoms with Gasteiger partial charge in [0.2, 0.25) is 5.95 Å². The minimum atomic E-state index is -0.153. The second kappa shape index (κ2) is 9.29. The number of carbonyl (C=O) groups excluding carboxylic acids is 1. The fourth-order valence-corrected chi connectivity index (χ4v) is 3.18. The van der Waals surface area contributed by atoms with Crippen LogP contribution in [0.5, 0.6) is 0 Å². The summed E-state index contributed by atoms with van der Waals surface area (Å²) in [7, 11) is 1.61. The van der Waals surface area contributed by atoms with Crippen LogP contribution in [0.4, 0.5) is 11.6 Å². The summed E-state index contributed by atoms with van der Waals surface area (Å²) < 4.78 is 6.84. The lowest BCUT2D eigenvalue weighted by molar-refractivity contribution is 0.0870. The molecule has 0 bridgehead atoms. The molecule has 2 N–H and O–H groups in total. The molecule has 1 amide bonds. The van der Waals surface area contributed by atoms with Crippen LogP contribution in [0.15, 0.2) is 66.9 Å². The molecule has 0 fully saturated rings. The Balaban J connectivity index is 1.57. The van der Waals surface area contributed by atoms with Gasteiger partial charge in [-0.05, 0) is 48.9 Å². The summed E-state index contributed by atoms with van der Waals surface area (Å²) in [5.74, 6) is 0.241. The van der Waals surface area contributed by atoms with Crippen LogP contribution in [0.1, 0.15) is 22.8 Å². The number of aromatic nitrogens is 3. The van der Waals surface area contributed by atoms with Gasteiger partial charge in [0, 0.05) is 31.0 Å². The molecule has 0 aliphatic carbocycles. The van der Waals surface area contributed by atoms with E-state index in [1.165, 1.54) is 0 Å². The SMILES string of the molecule is COC(C)CNC(=O)c1cccc(-c2ccc3nc(Nc4ccccc4C#N)nn3c2)c1. The molecule has 2 aromatic carbocycles. The zero-order valence-corrected chi connectivity index (χ0v) is 17.7. The molecule has 4 rings (SSSR count). The molecule has 0 radical (unpaired) electrons. The zero-order chi connectivity index (χ0) is 22.5. The second-order valence-corrected chi connectivity index (χ2v) is 7.28. The standard InChI is InChI=1S/C24H22N6O2/c1-16(32-2)14-26-23(31)18-8-5-7-17(12-18)20-10-11-22-28-24(29-30(22)15-20)27-21-9-4-3-6-19(21)13-25/h3-12,15-16H,14H2,1-2H3,(H,26,31)(H,27,29). The Hall–Kier alpha value is -4.22. The predicted molar refractivity (Wildman–Crippen MR) is 122 cm³/mol. The van der Waals surface area contributed by atoms with Crippen molar-refractivity contribution in [1.29, 1.82) is 5.26 Å². The Morgan fingerprint density at radius 2 is 2.00 bits per heavy atom. The Labute approximate surface area is 185 Å². The van der Waals surface area contributed by atoms with Crippen molar-refractivity contribution in [2.75, 3.05) is 19.0 Å². The van der Waals surface area contributed by atoms with E-state index in [1.807, 2.05) is 49.5 Å². The van der Waals surface area contributed by atoms with Gasteiger partial charge in [0.1, 0.15) is 6.07 Å². The molecule has 1 atom stereocenters. The monoisotopic (exact) mass is 426 g/mol. The number of para-hydroxylation sites is 1. The molecule has 8 heteroatoms. The fraction of sp³-hybridized carbons (Fsp3) is 0.167. The van der Waals surface area contributed by atoms with Gasteiger partial charge < -0.3 is 15.4 Å². The summed E-state index contributed by atoms with van der Waals surface area (Å²) in [4.78, 5) is 16.9. The Morgan fingerprint density at radius 1 is 1.16 bits per heavy atom. The Kier molecular flexibility index (Phi) is 6.10. The van der Waals surface area contributed by atoms with Gasteiger partial charge in [-0.3, -0.25) is 4.79 Å². The van der Waals surface area contributed by atoms with Crippen molar-refractivity contribution in [2.24, 2.45) is 0 Å². The molecule has 0 aliphatic rings. The Bertz CT molecular complexity index is 1310. The van der Waals surface area contributed by atoms with Crippen LogP contribution in [0.25, 0.3) is 16.8 Å². The van der Waals surface area contributed by atoms with E-state index in [0.717, 1.165) is 11.1 Å². The van der Waals surface area contributed by atoms with Gasteiger partial charge in [-0.2, -0.15) is 10.2 Å². The van der Waals surface area contributed by atoms with Gasteiger partial charge in [-0.15, -0.1) is 5.10 Å². The highest BCUT2D eigenvalue weighted by atomic mass is 16.5. The third-order valence-corrected chi connectivity index (χ3v) is 5.04. The van der Waals surface area contributed by atoms with Crippen molar-refractivity contribution in [1.82, 2.24) is 19.9 Å². The number of ether oxygens (including phenoxy) is 1. The highest BCUT2D eigenvalue weighted by Gasteiger charge is 2.11. The van der Waals surface area contributed by atoms with E-state index in [-0.39, 0.29) is 12.0 Å². The number of methoxy groups -OCH3 is 1. The van der Waals surface area contributed by atoms with Crippen LogP contribution in [0.2, 0.25) is 0 Å². The number of pyridine rings is 1. The first kappa shape index (κ1) is 21.0. The molecule has 4 aromatic rings. The largest absolute Gasteiger partial charge is 0.380 e. The van der Waals surface area contributed by atoms with Crippen molar-refractivity contribution in [3.8, 4) is 17.2 Å². The van der Waals surface area contributed by atoms with Gasteiger partial charge in [0.15, 0.2) is 5.65 Å². The molecule has 160 valence electrons. The number of hydrogen-bond acceptors (Lipinski definition) is 6. The molecule has 0 saturated carbocycles. The van der Waals surface area contributed by atoms with E-state index >= 15 is 0 Å². The minimum Gasteiger partial charge on any atom is -0.380 e. The average Bonchev–Trinajstić information content (AvgIpc) is 3.24. The van der Waals surface area contributed by atoms with Gasteiger partial charge >= 0.3 is 0 Å². The molecule has 0 aliphatic heterocycles. The third-order valence-electron chi connectivity index (χ3n) is 5.04. The number of rotatable bonds is 7. The number of nitrogens with zero attached hydrogens (tertiary/aromatic N) is 4. The molecule has 2 aromatic heterocycles. The van der Waals surface area contributed by atoms with E-state index in [2.05, 4.69) is 26.8 Å². The maximum absolute atomic E-state index is 12.5. The van der Waals surface area contributed by atoms with Crippen molar-refractivity contribution >= 4 is 23.2 Å². The minimum absolute atomic E-state index is 0.0558. The number of fused-ring (bicyclic) bond motifs is 1. The van der Waals surface area contributed by atoms with Crippen LogP contribution in [-0.2, 0) is 4.74 Å². The molecule has 0 saturated heterocycles. The highest BCUT2D eigenvalue weighted by molar-refractivity contribution is 5.95. The number of carbonyl (C=O) groups is 1. The normalized spacial score (nSPS) is 11.7. The van der Waals surface area contributed by atoms with Crippen molar-refractivity contribution < 1.29 is 9.53 Å². The summed E-state index contributed by atoms with van der Waals surface area (Å²) in [6, 6.07) is 20.5. The molecule has 32 heavy (non-hydrogen) atoms. The number of amides is 1. The quantitative estimate of drug-likeness (QED) is 0.466. The van der Waals surface area contributed by atoms with Crippen LogP contribution in [0.3, 0.4) is 0 Å². The number of benzene rings is 2. The maximum Gasteiger partial charge on any atom is 0.251 e. The second-order valence-electron chi connectivity index (χ2n) is 7.28. The molecular formula is C24H22N6O2. The number of nitriles is 1. The first-order valence-corrected chi connectivity index (χ1v) is 10.1. The lowest BCUT2D eigenvalue weighted by Crippen LogP contribution is -2.31. The van der Waals surface area contributed by atoms with Crippen LogP contribution >= 0.6 is 0 Å². The topological polar surface area (TPSA) is 104 Å².